The lowest BCUT2D eigenvalue weighted by Crippen LogP contribution is -2.36. The molecule has 0 saturated carbocycles. The molecule has 1 aliphatic rings. The van der Waals surface area contributed by atoms with E-state index in [0.717, 1.165) is 23.5 Å². The van der Waals surface area contributed by atoms with Gasteiger partial charge in [-0.05, 0) is 24.3 Å². The van der Waals surface area contributed by atoms with E-state index >= 15 is 0 Å². The van der Waals surface area contributed by atoms with Crippen LogP contribution in [0.25, 0.3) is 5.65 Å². The number of nitrogens with one attached hydrogen (secondary N) is 2. The first-order chi connectivity index (χ1) is 16.3. The van der Waals surface area contributed by atoms with Gasteiger partial charge in [-0.3, -0.25) is 0 Å². The Morgan fingerprint density at radius 1 is 0.941 bits per heavy atom. The van der Waals surface area contributed by atoms with Gasteiger partial charge >= 0.3 is 6.18 Å². The highest BCUT2D eigenvalue weighted by molar-refractivity contribution is 6.31. The zero-order valence-corrected chi connectivity index (χ0v) is 18.4. The number of ether oxygens (including phenoxy) is 1. The molecule has 4 heterocycles. The second-order valence-electron chi connectivity index (χ2n) is 7.62. The van der Waals surface area contributed by atoms with Crippen molar-refractivity contribution in [3.8, 4) is 0 Å². The van der Waals surface area contributed by atoms with E-state index in [1.165, 1.54) is 6.07 Å². The summed E-state index contributed by atoms with van der Waals surface area (Å²) < 4.78 is 47.0. The Bertz CT molecular complexity index is 1320. The average molecular weight is 490 g/mol. The Labute approximate surface area is 197 Å². The number of alkyl halides is 3. The van der Waals surface area contributed by atoms with Crippen LogP contribution < -0.4 is 15.5 Å². The van der Waals surface area contributed by atoms with E-state index in [4.69, 9.17) is 16.3 Å². The van der Waals surface area contributed by atoms with Crippen molar-refractivity contribution in [3.63, 3.8) is 0 Å². The molecule has 0 spiro atoms. The number of rotatable bonds is 5. The Morgan fingerprint density at radius 2 is 1.76 bits per heavy atom. The van der Waals surface area contributed by atoms with Gasteiger partial charge in [-0.1, -0.05) is 11.6 Å². The molecule has 0 radical (unpaired) electrons. The number of halogens is 4. The van der Waals surface area contributed by atoms with Gasteiger partial charge < -0.3 is 24.7 Å². The Kier molecular flexibility index (Phi) is 5.88. The third-order valence-electron chi connectivity index (χ3n) is 5.20. The van der Waals surface area contributed by atoms with Crippen LogP contribution in [0, 0.1) is 0 Å². The van der Waals surface area contributed by atoms with E-state index in [-0.39, 0.29) is 16.7 Å². The monoisotopic (exact) mass is 489 g/mol. The quantitative estimate of drug-likeness (QED) is 0.403. The predicted molar refractivity (Wildman–Crippen MR) is 123 cm³/mol. The van der Waals surface area contributed by atoms with Crippen molar-refractivity contribution < 1.29 is 17.9 Å². The molecule has 5 rings (SSSR count). The summed E-state index contributed by atoms with van der Waals surface area (Å²) in [6.45, 7) is 2.36. The Morgan fingerprint density at radius 3 is 2.56 bits per heavy atom. The Hall–Kier alpha value is -3.57. The molecule has 0 unspecified atom stereocenters. The van der Waals surface area contributed by atoms with Crippen LogP contribution in [0.3, 0.4) is 0 Å². The SMILES string of the molecule is FC(F)(F)c1cc(Cl)cc(Nc2nc(Nc3ccn4ccnc4c3)cc(N3CCOCC3)n2)c1. The first-order valence-corrected chi connectivity index (χ1v) is 10.8. The molecule has 0 amide bonds. The molecule has 0 atom stereocenters. The fraction of sp³-hybridized carbons (Fsp3) is 0.227. The highest BCUT2D eigenvalue weighted by atomic mass is 35.5. The molecule has 34 heavy (non-hydrogen) atoms. The van der Waals surface area contributed by atoms with E-state index in [2.05, 4.69) is 25.6 Å². The van der Waals surface area contributed by atoms with Gasteiger partial charge in [-0.25, -0.2) is 4.98 Å². The predicted octanol–water partition coefficient (Wildman–Crippen LogP) is 5.12. The highest BCUT2D eigenvalue weighted by Gasteiger charge is 2.31. The lowest BCUT2D eigenvalue weighted by atomic mass is 10.2. The van der Waals surface area contributed by atoms with Crippen molar-refractivity contribution >= 4 is 46.2 Å². The molecular formula is C22H19ClF3N7O. The third kappa shape index (κ3) is 5.00. The van der Waals surface area contributed by atoms with Crippen LogP contribution in [0.4, 0.5) is 42.1 Å². The van der Waals surface area contributed by atoms with Crippen LogP contribution in [0.2, 0.25) is 5.02 Å². The number of hydrogen-bond donors (Lipinski definition) is 2. The Balaban J connectivity index is 1.49. The molecule has 8 nitrogen and oxygen atoms in total. The third-order valence-corrected chi connectivity index (χ3v) is 5.42. The van der Waals surface area contributed by atoms with E-state index in [9.17, 15) is 13.2 Å². The van der Waals surface area contributed by atoms with Crippen LogP contribution in [-0.4, -0.2) is 45.7 Å². The van der Waals surface area contributed by atoms with Crippen LogP contribution in [0.1, 0.15) is 5.56 Å². The van der Waals surface area contributed by atoms with Gasteiger partial charge in [0.25, 0.3) is 0 Å². The zero-order valence-electron chi connectivity index (χ0n) is 17.7. The topological polar surface area (TPSA) is 79.6 Å². The maximum atomic E-state index is 13.2. The molecule has 1 aliphatic heterocycles. The molecule has 2 N–H and O–H groups in total. The number of morpholine rings is 1. The van der Waals surface area contributed by atoms with Crippen LogP contribution in [0.15, 0.2) is 55.0 Å². The number of fused-ring (bicyclic) bond motifs is 1. The second kappa shape index (κ2) is 8.99. The van der Waals surface area contributed by atoms with E-state index in [1.54, 1.807) is 12.3 Å². The van der Waals surface area contributed by atoms with Gasteiger partial charge in [0.15, 0.2) is 0 Å². The van der Waals surface area contributed by atoms with Gasteiger partial charge in [0.1, 0.15) is 17.3 Å². The number of nitrogens with zero attached hydrogens (tertiary/aromatic N) is 5. The lowest BCUT2D eigenvalue weighted by molar-refractivity contribution is -0.137. The fourth-order valence-corrected chi connectivity index (χ4v) is 3.83. The van der Waals surface area contributed by atoms with Crippen molar-refractivity contribution in [1.29, 1.82) is 0 Å². The minimum atomic E-state index is -4.53. The number of benzene rings is 1. The summed E-state index contributed by atoms with van der Waals surface area (Å²) in [6, 6.07) is 8.74. The van der Waals surface area contributed by atoms with Crippen LogP contribution >= 0.6 is 11.6 Å². The van der Waals surface area contributed by atoms with Crippen molar-refractivity contribution in [3.05, 3.63) is 65.6 Å². The second-order valence-corrected chi connectivity index (χ2v) is 8.06. The zero-order chi connectivity index (χ0) is 23.7. The number of hydrogen-bond acceptors (Lipinski definition) is 7. The molecule has 3 aromatic heterocycles. The lowest BCUT2D eigenvalue weighted by Gasteiger charge is -2.28. The van der Waals surface area contributed by atoms with Gasteiger partial charge in [0.2, 0.25) is 5.95 Å². The van der Waals surface area contributed by atoms with E-state index in [1.807, 2.05) is 33.8 Å². The van der Waals surface area contributed by atoms with Crippen molar-refractivity contribution in [1.82, 2.24) is 19.4 Å². The molecule has 12 heteroatoms. The molecule has 1 fully saturated rings. The number of imidazole rings is 1. The molecule has 4 aromatic rings. The summed E-state index contributed by atoms with van der Waals surface area (Å²) in [7, 11) is 0. The molecule has 0 aliphatic carbocycles. The van der Waals surface area contributed by atoms with Gasteiger partial charge in [0, 0.05) is 60.2 Å². The number of anilines is 5. The molecular weight excluding hydrogens is 471 g/mol. The minimum Gasteiger partial charge on any atom is -0.378 e. The van der Waals surface area contributed by atoms with Gasteiger partial charge in [-0.2, -0.15) is 23.1 Å². The maximum absolute atomic E-state index is 13.2. The largest absolute Gasteiger partial charge is 0.416 e. The summed E-state index contributed by atoms with van der Waals surface area (Å²) >= 11 is 5.93. The molecule has 0 bridgehead atoms. The van der Waals surface area contributed by atoms with E-state index in [0.29, 0.717) is 37.9 Å². The molecule has 1 saturated heterocycles. The van der Waals surface area contributed by atoms with Crippen molar-refractivity contribution in [2.75, 3.05) is 41.8 Å². The maximum Gasteiger partial charge on any atom is 0.416 e. The highest BCUT2D eigenvalue weighted by Crippen LogP contribution is 2.34. The summed E-state index contributed by atoms with van der Waals surface area (Å²) in [4.78, 5) is 15.3. The van der Waals surface area contributed by atoms with Crippen molar-refractivity contribution in [2.24, 2.45) is 0 Å². The van der Waals surface area contributed by atoms with Gasteiger partial charge in [-0.15, -0.1) is 0 Å². The fourth-order valence-electron chi connectivity index (χ4n) is 3.60. The summed E-state index contributed by atoms with van der Waals surface area (Å²) in [6.07, 6.45) is 0.861. The average Bonchev–Trinajstić information content (AvgIpc) is 3.26. The number of aromatic nitrogens is 4. The first-order valence-electron chi connectivity index (χ1n) is 10.4. The molecule has 1 aromatic carbocycles. The van der Waals surface area contributed by atoms with Gasteiger partial charge in [0.05, 0.1) is 18.8 Å². The van der Waals surface area contributed by atoms with Crippen LogP contribution in [0.5, 0.6) is 0 Å². The van der Waals surface area contributed by atoms with Crippen molar-refractivity contribution in [2.45, 2.75) is 6.18 Å². The summed E-state index contributed by atoms with van der Waals surface area (Å²) in [5, 5.41) is 6.05. The molecule has 176 valence electrons. The van der Waals surface area contributed by atoms with Crippen LogP contribution in [-0.2, 0) is 10.9 Å². The summed E-state index contributed by atoms with van der Waals surface area (Å²) in [5.74, 6) is 1.21. The smallest absolute Gasteiger partial charge is 0.378 e. The first kappa shape index (κ1) is 22.2. The minimum absolute atomic E-state index is 0.0481. The summed E-state index contributed by atoms with van der Waals surface area (Å²) in [5.41, 5.74) is 0.768. The standard InChI is InChI=1S/C22H19ClF3N7O/c23-15-9-14(22(24,25)26)10-17(11-15)29-21-30-18(13-20(31-21)33-5-7-34-8-6-33)28-16-1-3-32-4-2-27-19(32)12-16/h1-4,9-13H,5-8H2,(H2,28,29,30,31). The van der Waals surface area contributed by atoms with E-state index < -0.39 is 11.7 Å². The normalized spacial score (nSPS) is 14.4. The number of pyridine rings is 1.